The van der Waals surface area contributed by atoms with E-state index in [2.05, 4.69) is 14.7 Å². The van der Waals surface area contributed by atoms with Crippen molar-refractivity contribution < 1.29 is 14.3 Å². The normalized spacial score (nSPS) is 14.8. The third kappa shape index (κ3) is 2.26. The van der Waals surface area contributed by atoms with Gasteiger partial charge in [-0.1, -0.05) is 0 Å². The number of hydrogen-bond acceptors (Lipinski definition) is 3. The van der Waals surface area contributed by atoms with Crippen molar-refractivity contribution in [3.8, 4) is 0 Å². The zero-order chi connectivity index (χ0) is 8.97. The van der Waals surface area contributed by atoms with Crippen LogP contribution in [0.3, 0.4) is 0 Å². The highest BCUT2D eigenvalue weighted by molar-refractivity contribution is 6.40. The van der Waals surface area contributed by atoms with Crippen LogP contribution < -0.4 is 0 Å². The molecule has 0 atom stereocenters. The Labute approximate surface area is 69.2 Å². The van der Waals surface area contributed by atoms with Gasteiger partial charge in [0, 0.05) is 0 Å². The maximum absolute atomic E-state index is 10.8. The van der Waals surface area contributed by atoms with E-state index in [9.17, 15) is 9.59 Å². The fourth-order valence-electron chi connectivity index (χ4n) is 0.755. The molecule has 2 amide bonds. The largest absolute Gasteiger partial charge is 0.466 e. The molecule has 0 aromatic rings. The fourth-order valence-corrected chi connectivity index (χ4v) is 0.755. The summed E-state index contributed by atoms with van der Waals surface area (Å²) in [5, 5.41) is 0. The van der Waals surface area contributed by atoms with Crippen molar-refractivity contribution >= 4 is 23.9 Å². The lowest BCUT2D eigenvalue weighted by Crippen LogP contribution is -2.10. The molecule has 0 aromatic heterocycles. The van der Waals surface area contributed by atoms with Gasteiger partial charge in [0.1, 0.15) is 0 Å². The number of urea groups is 1. The smallest absolute Gasteiger partial charge is 0.367 e. The second kappa shape index (κ2) is 3.75. The second-order valence-corrected chi connectivity index (χ2v) is 2.13. The summed E-state index contributed by atoms with van der Waals surface area (Å²) in [6, 6.07) is -0.561. The Morgan fingerprint density at radius 2 is 2.42 bits per heavy atom. The Hall–Kier alpha value is -1.52. The molecule has 1 aliphatic heterocycles. The van der Waals surface area contributed by atoms with Crippen LogP contribution in [0.5, 0.6) is 0 Å². The first-order valence-corrected chi connectivity index (χ1v) is 3.53. The minimum atomic E-state index is -0.561. The molecule has 1 aliphatic rings. The number of hydrogen-bond donors (Lipinski definition) is 0. The van der Waals surface area contributed by atoms with E-state index in [0.29, 0.717) is 12.3 Å². The van der Waals surface area contributed by atoms with Crippen molar-refractivity contribution in [1.82, 2.24) is 0 Å². The summed E-state index contributed by atoms with van der Waals surface area (Å²) in [6.45, 7) is 2.05. The molecule has 0 spiro atoms. The highest BCUT2D eigenvalue weighted by Gasteiger charge is 2.12. The average molecular weight is 168 g/mol. The van der Waals surface area contributed by atoms with Gasteiger partial charge in [-0.3, -0.25) is 4.79 Å². The van der Waals surface area contributed by atoms with Gasteiger partial charge in [0.2, 0.25) is 0 Å². The standard InChI is InChI=1S/C7H8N2O3/c1-2-12-6(10)3-5-4-8-7(11)9-5/h4H,2-3H2,1H3. The molecule has 5 nitrogen and oxygen atoms in total. The number of carbonyl (C=O) groups is 2. The van der Waals surface area contributed by atoms with Crippen molar-refractivity contribution in [3.05, 3.63) is 0 Å². The van der Waals surface area contributed by atoms with Crippen LogP contribution in [-0.4, -0.2) is 30.5 Å². The predicted octanol–water partition coefficient (Wildman–Crippen LogP) is 0.585. The third-order valence-corrected chi connectivity index (χ3v) is 1.19. The summed E-state index contributed by atoms with van der Waals surface area (Å²) < 4.78 is 4.65. The topological polar surface area (TPSA) is 68.1 Å². The van der Waals surface area contributed by atoms with Gasteiger partial charge < -0.3 is 4.74 Å². The maximum Gasteiger partial charge on any atom is 0.367 e. The number of esters is 1. The first kappa shape index (κ1) is 8.58. The Morgan fingerprint density at radius 1 is 1.67 bits per heavy atom. The van der Waals surface area contributed by atoms with E-state index in [1.165, 1.54) is 6.21 Å². The molecule has 0 N–H and O–H groups in total. The summed E-state index contributed by atoms with van der Waals surface area (Å²) in [7, 11) is 0. The monoisotopic (exact) mass is 168 g/mol. The first-order valence-electron chi connectivity index (χ1n) is 3.53. The van der Waals surface area contributed by atoms with Gasteiger partial charge in [-0.2, -0.15) is 9.98 Å². The highest BCUT2D eigenvalue weighted by atomic mass is 16.5. The third-order valence-electron chi connectivity index (χ3n) is 1.19. The lowest BCUT2D eigenvalue weighted by molar-refractivity contribution is -0.141. The van der Waals surface area contributed by atoms with Crippen LogP contribution in [0.25, 0.3) is 0 Å². The Morgan fingerprint density at radius 3 is 2.92 bits per heavy atom. The van der Waals surface area contributed by atoms with Gasteiger partial charge in [0.25, 0.3) is 0 Å². The SMILES string of the molecule is CCOC(=O)CC1=NC(=O)N=C1. The Kier molecular flexibility index (Phi) is 2.68. The van der Waals surface area contributed by atoms with Gasteiger partial charge in [0.05, 0.1) is 25.0 Å². The number of aliphatic imine (C=N–C) groups is 2. The number of rotatable bonds is 3. The number of nitrogens with zero attached hydrogens (tertiary/aromatic N) is 2. The van der Waals surface area contributed by atoms with E-state index in [1.54, 1.807) is 6.92 Å². The minimum absolute atomic E-state index is 0.0169. The van der Waals surface area contributed by atoms with Gasteiger partial charge in [-0.25, -0.2) is 4.79 Å². The van der Waals surface area contributed by atoms with Crippen molar-refractivity contribution in [2.75, 3.05) is 6.61 Å². The lowest BCUT2D eigenvalue weighted by Gasteiger charge is -1.97. The summed E-state index contributed by atoms with van der Waals surface area (Å²) in [5.74, 6) is -0.391. The van der Waals surface area contributed by atoms with Crippen LogP contribution in [0.1, 0.15) is 13.3 Å². The number of amides is 2. The molecule has 0 bridgehead atoms. The van der Waals surface area contributed by atoms with Crippen LogP contribution in [0.4, 0.5) is 4.79 Å². The Bertz CT molecular complexity index is 268. The van der Waals surface area contributed by atoms with E-state index in [4.69, 9.17) is 0 Å². The van der Waals surface area contributed by atoms with Gasteiger partial charge in [-0.05, 0) is 6.92 Å². The number of carbonyl (C=O) groups excluding carboxylic acids is 2. The lowest BCUT2D eigenvalue weighted by atomic mass is 10.3. The molecule has 0 radical (unpaired) electrons. The summed E-state index contributed by atoms with van der Waals surface area (Å²) >= 11 is 0. The van der Waals surface area contributed by atoms with Gasteiger partial charge >= 0.3 is 12.0 Å². The molecule has 0 unspecified atom stereocenters. The highest BCUT2D eigenvalue weighted by Crippen LogP contribution is 1.97. The number of ether oxygens (including phenoxy) is 1. The van der Waals surface area contributed by atoms with E-state index >= 15 is 0 Å². The van der Waals surface area contributed by atoms with Gasteiger partial charge in [0.15, 0.2) is 0 Å². The molecule has 1 rings (SSSR count). The second-order valence-electron chi connectivity index (χ2n) is 2.13. The van der Waals surface area contributed by atoms with Crippen LogP contribution >= 0.6 is 0 Å². The molecule has 0 saturated heterocycles. The predicted molar refractivity (Wildman–Crippen MR) is 42.6 cm³/mol. The van der Waals surface area contributed by atoms with Crippen LogP contribution in [0.2, 0.25) is 0 Å². The molecular formula is C7H8N2O3. The van der Waals surface area contributed by atoms with Crippen molar-refractivity contribution in [2.45, 2.75) is 13.3 Å². The van der Waals surface area contributed by atoms with E-state index in [1.807, 2.05) is 0 Å². The molecule has 5 heteroatoms. The molecular weight excluding hydrogens is 160 g/mol. The van der Waals surface area contributed by atoms with E-state index in [-0.39, 0.29) is 6.42 Å². The average Bonchev–Trinajstić information content (AvgIpc) is 2.36. The molecule has 12 heavy (non-hydrogen) atoms. The van der Waals surface area contributed by atoms with Crippen LogP contribution in [0.15, 0.2) is 9.98 Å². The summed E-state index contributed by atoms with van der Waals surface area (Å²) in [6.07, 6.45) is 1.29. The van der Waals surface area contributed by atoms with Crippen molar-refractivity contribution in [1.29, 1.82) is 0 Å². The first-order chi connectivity index (χ1) is 5.72. The molecule has 64 valence electrons. The zero-order valence-corrected chi connectivity index (χ0v) is 6.61. The fraction of sp³-hybridized carbons (Fsp3) is 0.429. The molecule has 0 fully saturated rings. The summed E-state index contributed by atoms with van der Waals surface area (Å²) in [5.41, 5.74) is 0.360. The Balaban J connectivity index is 2.42. The quantitative estimate of drug-likeness (QED) is 0.579. The zero-order valence-electron chi connectivity index (χ0n) is 6.61. The molecule has 0 aromatic carbocycles. The van der Waals surface area contributed by atoms with Crippen LogP contribution in [-0.2, 0) is 9.53 Å². The minimum Gasteiger partial charge on any atom is -0.466 e. The van der Waals surface area contributed by atoms with Crippen LogP contribution in [0, 0.1) is 0 Å². The molecule has 1 heterocycles. The van der Waals surface area contributed by atoms with Gasteiger partial charge in [-0.15, -0.1) is 0 Å². The van der Waals surface area contributed by atoms with Crippen molar-refractivity contribution in [3.63, 3.8) is 0 Å². The molecule has 0 saturated carbocycles. The maximum atomic E-state index is 10.8. The van der Waals surface area contributed by atoms with E-state index in [0.717, 1.165) is 0 Å². The molecule has 0 aliphatic carbocycles. The van der Waals surface area contributed by atoms with Crippen molar-refractivity contribution in [2.24, 2.45) is 9.98 Å². The van der Waals surface area contributed by atoms with E-state index < -0.39 is 12.0 Å². The summed E-state index contributed by atoms with van der Waals surface area (Å²) in [4.78, 5) is 28.1.